The third-order valence-electron chi connectivity index (χ3n) is 1.76. The van der Waals surface area contributed by atoms with E-state index in [2.05, 4.69) is 15.4 Å². The van der Waals surface area contributed by atoms with Gasteiger partial charge in [0.25, 0.3) is 0 Å². The van der Waals surface area contributed by atoms with Crippen molar-refractivity contribution in [2.24, 2.45) is 10.9 Å². The molecule has 0 atom stereocenters. The van der Waals surface area contributed by atoms with E-state index in [1.54, 1.807) is 0 Å². The van der Waals surface area contributed by atoms with Crippen molar-refractivity contribution in [2.45, 2.75) is 5.16 Å². The number of nitrogens with zero attached hydrogens (tertiary/aromatic N) is 4. The van der Waals surface area contributed by atoms with Crippen LogP contribution < -0.4 is 5.73 Å². The molecule has 0 unspecified atom stereocenters. The van der Waals surface area contributed by atoms with E-state index in [0.29, 0.717) is 5.75 Å². The zero-order valence-electron chi connectivity index (χ0n) is 7.74. The van der Waals surface area contributed by atoms with Crippen LogP contribution in [-0.4, -0.2) is 31.4 Å². The lowest BCUT2D eigenvalue weighted by Crippen LogP contribution is -2.14. The van der Waals surface area contributed by atoms with Gasteiger partial charge in [-0.1, -0.05) is 23.0 Å². The maximum Gasteiger partial charge on any atom is 0.196 e. The first kappa shape index (κ1) is 9.78. The Kier molecular flexibility index (Phi) is 2.72. The molecule has 2 aromatic rings. The second-order valence-electron chi connectivity index (χ2n) is 2.79. The van der Waals surface area contributed by atoms with Crippen molar-refractivity contribution in [3.05, 3.63) is 24.4 Å². The molecule has 0 radical (unpaired) electrons. The highest BCUT2D eigenvalue weighted by Crippen LogP contribution is 2.15. The van der Waals surface area contributed by atoms with Gasteiger partial charge in [-0.15, -0.1) is 10.2 Å². The molecule has 0 aliphatic carbocycles. The molecule has 3 N–H and O–H groups in total. The minimum atomic E-state index is 0.160. The minimum Gasteiger partial charge on any atom is -0.409 e. The van der Waals surface area contributed by atoms with Crippen molar-refractivity contribution in [2.75, 3.05) is 5.75 Å². The molecule has 0 saturated carbocycles. The van der Waals surface area contributed by atoms with Crippen molar-refractivity contribution in [1.82, 2.24) is 14.6 Å². The number of hydrogen-bond acceptors (Lipinski definition) is 5. The summed E-state index contributed by atoms with van der Waals surface area (Å²) in [6.07, 6.45) is 1.87. The maximum absolute atomic E-state index is 8.38. The van der Waals surface area contributed by atoms with Crippen LogP contribution in [0.5, 0.6) is 0 Å². The Bertz CT molecular complexity index is 494. The first-order chi connectivity index (χ1) is 7.31. The van der Waals surface area contributed by atoms with E-state index in [0.717, 1.165) is 10.8 Å². The Hall–Kier alpha value is -1.76. The lowest BCUT2D eigenvalue weighted by atomic mass is 10.5. The molecule has 78 valence electrons. The Morgan fingerprint density at radius 1 is 1.53 bits per heavy atom. The number of hydrogen-bond donors (Lipinski definition) is 2. The Morgan fingerprint density at radius 2 is 2.40 bits per heavy atom. The van der Waals surface area contributed by atoms with E-state index in [1.165, 1.54) is 11.8 Å². The summed E-state index contributed by atoms with van der Waals surface area (Å²) in [7, 11) is 0. The number of nitrogens with two attached hydrogens (primary N) is 1. The largest absolute Gasteiger partial charge is 0.409 e. The number of fused-ring (bicyclic) bond motifs is 1. The summed E-state index contributed by atoms with van der Waals surface area (Å²) in [4.78, 5) is 0. The van der Waals surface area contributed by atoms with E-state index in [-0.39, 0.29) is 5.84 Å². The molecule has 7 heteroatoms. The number of rotatable bonds is 3. The highest BCUT2D eigenvalue weighted by molar-refractivity contribution is 7.99. The second-order valence-corrected chi connectivity index (χ2v) is 3.73. The van der Waals surface area contributed by atoms with Crippen LogP contribution in [0.4, 0.5) is 0 Å². The van der Waals surface area contributed by atoms with Gasteiger partial charge < -0.3 is 10.9 Å². The third-order valence-corrected chi connectivity index (χ3v) is 2.74. The quantitative estimate of drug-likeness (QED) is 0.261. The molecule has 0 amide bonds. The SMILES string of the molecule is NC(CSc1nnc2ccccn12)=NO. The van der Waals surface area contributed by atoms with Crippen molar-refractivity contribution in [3.63, 3.8) is 0 Å². The van der Waals surface area contributed by atoms with Crippen LogP contribution in [0.25, 0.3) is 5.65 Å². The molecule has 0 fully saturated rings. The molecule has 0 aromatic carbocycles. The standard InChI is InChI=1S/C8H9N5OS/c9-6(12-14)5-15-8-11-10-7-3-1-2-4-13(7)8/h1-4,14H,5H2,(H2,9,12). The first-order valence-corrected chi connectivity index (χ1v) is 5.19. The lowest BCUT2D eigenvalue weighted by molar-refractivity contribution is 0.318. The van der Waals surface area contributed by atoms with Gasteiger partial charge in [0.15, 0.2) is 10.8 Å². The molecule has 0 saturated heterocycles. The number of thioether (sulfide) groups is 1. The van der Waals surface area contributed by atoms with Gasteiger partial charge in [-0.25, -0.2) is 0 Å². The molecule has 0 aliphatic rings. The average molecular weight is 223 g/mol. The van der Waals surface area contributed by atoms with Crippen molar-refractivity contribution in [3.8, 4) is 0 Å². The summed E-state index contributed by atoms with van der Waals surface area (Å²) in [6, 6.07) is 5.65. The topological polar surface area (TPSA) is 88.8 Å². The number of pyridine rings is 1. The van der Waals surface area contributed by atoms with Crippen LogP contribution in [0, 0.1) is 0 Å². The Labute approximate surface area is 89.8 Å². The summed E-state index contributed by atoms with van der Waals surface area (Å²) in [5.41, 5.74) is 6.13. The monoisotopic (exact) mass is 223 g/mol. The molecule has 2 rings (SSSR count). The molecule has 2 heterocycles. The van der Waals surface area contributed by atoms with Crippen LogP contribution in [-0.2, 0) is 0 Å². The minimum absolute atomic E-state index is 0.160. The highest BCUT2D eigenvalue weighted by atomic mass is 32.2. The Balaban J connectivity index is 2.22. The maximum atomic E-state index is 8.38. The molecule has 0 aliphatic heterocycles. The van der Waals surface area contributed by atoms with E-state index < -0.39 is 0 Å². The van der Waals surface area contributed by atoms with E-state index in [9.17, 15) is 0 Å². The van der Waals surface area contributed by atoms with Crippen molar-refractivity contribution < 1.29 is 5.21 Å². The van der Waals surface area contributed by atoms with Crippen LogP contribution in [0.3, 0.4) is 0 Å². The number of oxime groups is 1. The molecular weight excluding hydrogens is 214 g/mol. The van der Waals surface area contributed by atoms with Gasteiger partial charge in [0.1, 0.15) is 5.84 Å². The van der Waals surface area contributed by atoms with Crippen molar-refractivity contribution >= 4 is 23.2 Å². The average Bonchev–Trinajstić information content (AvgIpc) is 2.69. The lowest BCUT2D eigenvalue weighted by Gasteiger charge is -1.97. The van der Waals surface area contributed by atoms with Gasteiger partial charge >= 0.3 is 0 Å². The van der Waals surface area contributed by atoms with E-state index >= 15 is 0 Å². The fraction of sp³-hybridized carbons (Fsp3) is 0.125. The summed E-state index contributed by atoms with van der Waals surface area (Å²) >= 11 is 1.36. The molecular formula is C8H9N5OS. The smallest absolute Gasteiger partial charge is 0.196 e. The third kappa shape index (κ3) is 2.01. The van der Waals surface area contributed by atoms with Crippen LogP contribution in [0.2, 0.25) is 0 Å². The molecule has 0 spiro atoms. The van der Waals surface area contributed by atoms with E-state index in [4.69, 9.17) is 10.9 Å². The number of amidine groups is 1. The second kappa shape index (κ2) is 4.18. The van der Waals surface area contributed by atoms with Crippen LogP contribution >= 0.6 is 11.8 Å². The van der Waals surface area contributed by atoms with Gasteiger partial charge in [0.05, 0.1) is 5.75 Å². The summed E-state index contributed by atoms with van der Waals surface area (Å²) in [6.45, 7) is 0. The predicted octanol–water partition coefficient (Wildman–Crippen LogP) is 0.568. The summed E-state index contributed by atoms with van der Waals surface area (Å²) in [5.74, 6) is 0.541. The Morgan fingerprint density at radius 3 is 3.20 bits per heavy atom. The fourth-order valence-corrected chi connectivity index (χ4v) is 1.81. The van der Waals surface area contributed by atoms with Gasteiger partial charge in [-0.3, -0.25) is 4.40 Å². The molecule has 6 nitrogen and oxygen atoms in total. The number of aromatic nitrogens is 3. The van der Waals surface area contributed by atoms with Crippen LogP contribution in [0.15, 0.2) is 34.7 Å². The van der Waals surface area contributed by atoms with E-state index in [1.807, 2.05) is 28.8 Å². The highest BCUT2D eigenvalue weighted by Gasteiger charge is 2.05. The van der Waals surface area contributed by atoms with Crippen molar-refractivity contribution in [1.29, 1.82) is 0 Å². The van der Waals surface area contributed by atoms with Gasteiger partial charge in [-0.2, -0.15) is 0 Å². The van der Waals surface area contributed by atoms with Gasteiger partial charge in [-0.05, 0) is 12.1 Å². The fourth-order valence-electron chi connectivity index (χ4n) is 1.09. The first-order valence-electron chi connectivity index (χ1n) is 4.20. The van der Waals surface area contributed by atoms with Gasteiger partial charge in [0, 0.05) is 6.20 Å². The molecule has 0 bridgehead atoms. The molecule has 15 heavy (non-hydrogen) atoms. The van der Waals surface area contributed by atoms with Crippen LogP contribution in [0.1, 0.15) is 0 Å². The summed E-state index contributed by atoms with van der Waals surface area (Å²) in [5, 5.41) is 19.9. The summed E-state index contributed by atoms with van der Waals surface area (Å²) < 4.78 is 1.84. The van der Waals surface area contributed by atoms with Gasteiger partial charge in [0.2, 0.25) is 0 Å². The zero-order valence-corrected chi connectivity index (χ0v) is 8.55. The predicted molar refractivity (Wildman–Crippen MR) is 57.1 cm³/mol. The normalized spacial score (nSPS) is 12.1. The zero-order chi connectivity index (χ0) is 10.7. The molecule has 2 aromatic heterocycles.